The number of aromatic nitrogens is 4. The number of halogens is 1. The normalized spacial score (nSPS) is 13.5. The number of benzene rings is 1. The molecule has 154 valence electrons. The summed E-state index contributed by atoms with van der Waals surface area (Å²) in [6, 6.07) is 7.05. The van der Waals surface area contributed by atoms with Crippen molar-refractivity contribution in [2.24, 2.45) is 0 Å². The number of aromatic amines is 1. The Balaban J connectivity index is 1.24. The van der Waals surface area contributed by atoms with E-state index in [1.165, 1.54) is 28.6 Å². The summed E-state index contributed by atoms with van der Waals surface area (Å²) >= 11 is 8.83. The summed E-state index contributed by atoms with van der Waals surface area (Å²) in [5, 5.41) is 9.83. The molecule has 0 saturated heterocycles. The summed E-state index contributed by atoms with van der Waals surface area (Å²) in [7, 11) is 0. The zero-order chi connectivity index (χ0) is 20.5. The van der Waals surface area contributed by atoms with Crippen LogP contribution in [0.3, 0.4) is 0 Å². The van der Waals surface area contributed by atoms with Crippen LogP contribution in [0.15, 0.2) is 38.7 Å². The average molecular weight is 461 g/mol. The minimum Gasteiger partial charge on any atom is -0.484 e. The van der Waals surface area contributed by atoms with Gasteiger partial charge in [-0.3, -0.25) is 4.79 Å². The Kier molecular flexibility index (Phi) is 5.49. The van der Waals surface area contributed by atoms with E-state index >= 15 is 0 Å². The Labute approximate surface area is 184 Å². The first kappa shape index (κ1) is 19.6. The molecule has 10 heteroatoms. The van der Waals surface area contributed by atoms with Gasteiger partial charge in [0.05, 0.1) is 11.1 Å². The van der Waals surface area contributed by atoms with Crippen LogP contribution in [-0.2, 0) is 25.2 Å². The van der Waals surface area contributed by atoms with E-state index in [-0.39, 0.29) is 12.2 Å². The van der Waals surface area contributed by atoms with Gasteiger partial charge in [0.1, 0.15) is 16.4 Å². The van der Waals surface area contributed by atoms with Crippen LogP contribution < -0.4 is 10.3 Å². The molecule has 0 saturated carbocycles. The molecule has 0 radical (unpaired) electrons. The Morgan fingerprint density at radius 1 is 1.20 bits per heavy atom. The van der Waals surface area contributed by atoms with Crippen molar-refractivity contribution in [3.63, 3.8) is 0 Å². The number of ether oxygens (including phenoxy) is 1. The zero-order valence-corrected chi connectivity index (χ0v) is 18.2. The second kappa shape index (κ2) is 8.41. The highest BCUT2D eigenvalue weighted by atomic mass is 35.5. The fourth-order valence-corrected chi connectivity index (χ4v) is 5.50. The number of nitrogens with one attached hydrogen (secondary N) is 1. The molecule has 1 N–H and O–H groups in total. The first-order chi connectivity index (χ1) is 14.7. The summed E-state index contributed by atoms with van der Waals surface area (Å²) in [6.45, 7) is 0.164. The zero-order valence-electron chi connectivity index (χ0n) is 15.8. The van der Waals surface area contributed by atoms with E-state index in [4.69, 9.17) is 20.8 Å². The average Bonchev–Trinajstić information content (AvgIpc) is 3.36. The number of fused-ring (bicyclic) bond motifs is 3. The molecular formula is C20H17ClN4O3S2. The number of aryl methyl sites for hydroxylation is 2. The molecule has 7 nitrogen and oxygen atoms in total. The van der Waals surface area contributed by atoms with Crippen molar-refractivity contribution in [2.45, 2.75) is 43.3 Å². The second-order valence-electron chi connectivity index (χ2n) is 6.90. The number of hydrogen-bond acceptors (Lipinski definition) is 8. The molecule has 0 bridgehead atoms. The smallest absolute Gasteiger partial charge is 0.277 e. The highest BCUT2D eigenvalue weighted by Crippen LogP contribution is 2.33. The van der Waals surface area contributed by atoms with Gasteiger partial charge in [-0.05, 0) is 55.5 Å². The number of thioether (sulfide) groups is 1. The quantitative estimate of drug-likeness (QED) is 0.414. The third kappa shape index (κ3) is 4.10. The number of hydrogen-bond donors (Lipinski definition) is 1. The van der Waals surface area contributed by atoms with E-state index in [1.54, 1.807) is 35.6 Å². The van der Waals surface area contributed by atoms with E-state index < -0.39 is 0 Å². The minimum absolute atomic E-state index is 0.0578. The fraction of sp³-hybridized carbons (Fsp3) is 0.300. The van der Waals surface area contributed by atoms with Crippen LogP contribution >= 0.6 is 34.7 Å². The van der Waals surface area contributed by atoms with Gasteiger partial charge in [0, 0.05) is 9.90 Å². The van der Waals surface area contributed by atoms with Gasteiger partial charge in [0.15, 0.2) is 6.61 Å². The summed E-state index contributed by atoms with van der Waals surface area (Å²) in [5.41, 5.74) is 1.13. The fourth-order valence-electron chi connectivity index (χ4n) is 3.44. The van der Waals surface area contributed by atoms with Crippen molar-refractivity contribution in [3.8, 4) is 5.75 Å². The molecule has 3 heterocycles. The number of rotatable bonds is 6. The van der Waals surface area contributed by atoms with Gasteiger partial charge < -0.3 is 14.1 Å². The lowest BCUT2D eigenvalue weighted by Crippen LogP contribution is -2.12. The lowest BCUT2D eigenvalue weighted by atomic mass is 9.97. The molecule has 3 aromatic heterocycles. The summed E-state index contributed by atoms with van der Waals surface area (Å²) in [5.74, 6) is 2.08. The maximum Gasteiger partial charge on any atom is 0.277 e. The van der Waals surface area contributed by atoms with Crippen LogP contribution in [0.2, 0.25) is 5.02 Å². The molecule has 1 aliphatic carbocycles. The highest BCUT2D eigenvalue weighted by molar-refractivity contribution is 7.98. The van der Waals surface area contributed by atoms with E-state index in [1.807, 2.05) is 0 Å². The molecule has 0 spiro atoms. The Hall–Kier alpha value is -2.36. The number of H-pyrrole nitrogens is 1. The van der Waals surface area contributed by atoms with Crippen LogP contribution in [0, 0.1) is 0 Å². The Morgan fingerprint density at radius 3 is 2.90 bits per heavy atom. The number of thiophene rings is 1. The van der Waals surface area contributed by atoms with E-state index in [0.717, 1.165) is 29.5 Å². The molecular weight excluding hydrogens is 444 g/mol. The molecule has 30 heavy (non-hydrogen) atoms. The molecule has 5 rings (SSSR count). The van der Waals surface area contributed by atoms with Crippen molar-refractivity contribution in [3.05, 3.63) is 61.8 Å². The third-order valence-electron chi connectivity index (χ3n) is 4.83. The van der Waals surface area contributed by atoms with Gasteiger partial charge in [0.25, 0.3) is 16.7 Å². The van der Waals surface area contributed by atoms with Crippen molar-refractivity contribution >= 4 is 44.9 Å². The van der Waals surface area contributed by atoms with Crippen LogP contribution in [-0.4, -0.2) is 20.2 Å². The second-order valence-corrected chi connectivity index (χ2v) is 9.34. The van der Waals surface area contributed by atoms with Gasteiger partial charge in [-0.2, -0.15) is 0 Å². The van der Waals surface area contributed by atoms with Crippen LogP contribution in [0.4, 0.5) is 0 Å². The molecule has 1 aromatic carbocycles. The van der Waals surface area contributed by atoms with Gasteiger partial charge in [-0.1, -0.05) is 23.4 Å². The Morgan fingerprint density at radius 2 is 2.03 bits per heavy atom. The predicted octanol–water partition coefficient (Wildman–Crippen LogP) is 4.77. The van der Waals surface area contributed by atoms with Gasteiger partial charge >= 0.3 is 0 Å². The molecule has 0 fully saturated rings. The largest absolute Gasteiger partial charge is 0.484 e. The van der Waals surface area contributed by atoms with Gasteiger partial charge in [0.2, 0.25) is 0 Å². The summed E-state index contributed by atoms with van der Waals surface area (Å²) in [6.07, 6.45) is 4.33. The molecule has 0 aliphatic heterocycles. The van der Waals surface area contributed by atoms with Crippen molar-refractivity contribution in [2.75, 3.05) is 0 Å². The van der Waals surface area contributed by atoms with Crippen LogP contribution in [0.5, 0.6) is 5.75 Å². The lowest BCUT2D eigenvalue weighted by molar-refractivity contribution is 0.252. The first-order valence-corrected chi connectivity index (χ1v) is 11.7. The van der Waals surface area contributed by atoms with Gasteiger partial charge in [-0.25, -0.2) is 4.98 Å². The van der Waals surface area contributed by atoms with E-state index in [9.17, 15) is 4.79 Å². The maximum absolute atomic E-state index is 12.6. The van der Waals surface area contributed by atoms with Crippen molar-refractivity contribution in [1.82, 2.24) is 20.2 Å². The lowest BCUT2D eigenvalue weighted by Gasteiger charge is -2.09. The minimum atomic E-state index is -0.0578. The Bertz CT molecular complexity index is 1250. The van der Waals surface area contributed by atoms with Crippen molar-refractivity contribution in [1.29, 1.82) is 0 Å². The number of nitrogens with zero attached hydrogens (tertiary/aromatic N) is 3. The SMILES string of the molecule is O=c1[nH]c(CSc2nnc(COc3ccc(Cl)cc3)o2)nc2sc3c(c12)CCCC3. The predicted molar refractivity (Wildman–Crippen MR) is 117 cm³/mol. The van der Waals surface area contributed by atoms with Crippen molar-refractivity contribution < 1.29 is 9.15 Å². The van der Waals surface area contributed by atoms with Crippen LogP contribution in [0.1, 0.15) is 35.0 Å². The molecule has 0 amide bonds. The van der Waals surface area contributed by atoms with E-state index in [2.05, 4.69) is 20.2 Å². The monoisotopic (exact) mass is 460 g/mol. The van der Waals surface area contributed by atoms with Gasteiger partial charge in [-0.15, -0.1) is 21.5 Å². The highest BCUT2D eigenvalue weighted by Gasteiger charge is 2.20. The third-order valence-corrected chi connectivity index (χ3v) is 7.10. The van der Waals surface area contributed by atoms with Crippen LogP contribution in [0.25, 0.3) is 10.2 Å². The standard InChI is InChI=1S/C20H17ClN4O3S2/c21-11-5-7-12(8-6-11)27-9-16-24-25-20(28-16)29-10-15-22-18(26)17-13-3-1-2-4-14(13)30-19(17)23-15/h5-8H,1-4,9-10H2,(H,22,23,26). The molecule has 0 unspecified atom stereocenters. The molecule has 0 atom stereocenters. The topological polar surface area (TPSA) is 93.9 Å². The summed E-state index contributed by atoms with van der Waals surface area (Å²) in [4.78, 5) is 22.3. The molecule has 1 aliphatic rings. The molecule has 4 aromatic rings. The first-order valence-electron chi connectivity index (χ1n) is 9.53. The summed E-state index contributed by atoms with van der Waals surface area (Å²) < 4.78 is 11.2. The maximum atomic E-state index is 12.6. The van der Waals surface area contributed by atoms with E-state index in [0.29, 0.717) is 33.5 Å².